The van der Waals surface area contributed by atoms with Crippen LogP contribution < -0.4 is 10.1 Å². The van der Waals surface area contributed by atoms with Crippen LogP contribution in [0.5, 0.6) is 5.88 Å². The first-order valence-corrected chi connectivity index (χ1v) is 6.20. The van der Waals surface area contributed by atoms with Gasteiger partial charge in [0.2, 0.25) is 11.8 Å². The highest BCUT2D eigenvalue weighted by Crippen LogP contribution is 2.13. The molecule has 1 aromatic heterocycles. The molecule has 0 saturated carbocycles. The van der Waals surface area contributed by atoms with Crippen molar-refractivity contribution >= 4 is 5.95 Å². The van der Waals surface area contributed by atoms with Gasteiger partial charge in [-0.3, -0.25) is 0 Å². The van der Waals surface area contributed by atoms with Gasteiger partial charge in [0.1, 0.15) is 0 Å². The van der Waals surface area contributed by atoms with Crippen molar-refractivity contribution in [2.24, 2.45) is 0 Å². The van der Waals surface area contributed by atoms with Gasteiger partial charge in [0.15, 0.2) is 0 Å². The third-order valence-electron chi connectivity index (χ3n) is 2.60. The number of ether oxygens (including phenoxy) is 2. The van der Waals surface area contributed by atoms with Gasteiger partial charge in [0.25, 0.3) is 0 Å². The van der Waals surface area contributed by atoms with Crippen molar-refractivity contribution in [1.82, 2.24) is 9.97 Å². The topological polar surface area (TPSA) is 56.3 Å². The predicted molar refractivity (Wildman–Crippen MR) is 65.3 cm³/mol. The van der Waals surface area contributed by atoms with Gasteiger partial charge in [0.05, 0.1) is 12.7 Å². The van der Waals surface area contributed by atoms with Crippen LogP contribution in [0.15, 0.2) is 12.3 Å². The molecule has 1 aliphatic heterocycles. The van der Waals surface area contributed by atoms with Gasteiger partial charge in [-0.1, -0.05) is 6.92 Å². The maximum Gasteiger partial charge on any atom is 0.226 e. The highest BCUT2D eigenvalue weighted by Gasteiger charge is 2.15. The van der Waals surface area contributed by atoms with Crippen molar-refractivity contribution in [2.75, 3.05) is 25.1 Å². The number of nitrogens with zero attached hydrogens (tertiary/aromatic N) is 2. The number of anilines is 1. The molecule has 5 nitrogen and oxygen atoms in total. The van der Waals surface area contributed by atoms with Crippen molar-refractivity contribution in [3.63, 3.8) is 0 Å². The molecule has 1 atom stereocenters. The molecule has 0 bridgehead atoms. The molecule has 2 rings (SSSR count). The summed E-state index contributed by atoms with van der Waals surface area (Å²) in [6, 6.07) is 1.77. The lowest BCUT2D eigenvalue weighted by atomic mass is 10.2. The van der Waals surface area contributed by atoms with Gasteiger partial charge in [-0.2, -0.15) is 4.98 Å². The largest absolute Gasteiger partial charge is 0.478 e. The zero-order chi connectivity index (χ0) is 11.9. The SMILES string of the molecule is CCCOc1ccnc(NCC2CCCO2)n1. The summed E-state index contributed by atoms with van der Waals surface area (Å²) < 4.78 is 11.0. The first-order chi connectivity index (χ1) is 8.38. The summed E-state index contributed by atoms with van der Waals surface area (Å²) in [4.78, 5) is 8.42. The highest BCUT2D eigenvalue weighted by atomic mass is 16.5. The maximum absolute atomic E-state index is 5.52. The Hall–Kier alpha value is -1.36. The average Bonchev–Trinajstić information content (AvgIpc) is 2.87. The minimum absolute atomic E-state index is 0.291. The van der Waals surface area contributed by atoms with Gasteiger partial charge in [-0.05, 0) is 19.3 Å². The number of aromatic nitrogens is 2. The molecule has 0 amide bonds. The normalized spacial score (nSPS) is 19.2. The molecule has 1 fully saturated rings. The third kappa shape index (κ3) is 3.85. The molecule has 1 saturated heterocycles. The minimum atomic E-state index is 0.291. The van der Waals surface area contributed by atoms with E-state index in [4.69, 9.17) is 9.47 Å². The smallest absolute Gasteiger partial charge is 0.226 e. The second-order valence-corrected chi connectivity index (χ2v) is 4.08. The average molecular weight is 237 g/mol. The number of hydrogen-bond donors (Lipinski definition) is 1. The van der Waals surface area contributed by atoms with Crippen molar-refractivity contribution < 1.29 is 9.47 Å². The fourth-order valence-corrected chi connectivity index (χ4v) is 1.72. The van der Waals surface area contributed by atoms with Crippen molar-refractivity contribution in [1.29, 1.82) is 0 Å². The van der Waals surface area contributed by atoms with Crippen LogP contribution in [0.3, 0.4) is 0 Å². The zero-order valence-corrected chi connectivity index (χ0v) is 10.2. The predicted octanol–water partition coefficient (Wildman–Crippen LogP) is 1.86. The van der Waals surface area contributed by atoms with Crippen molar-refractivity contribution in [2.45, 2.75) is 32.3 Å². The summed E-state index contributed by atoms with van der Waals surface area (Å²) in [5, 5.41) is 3.18. The van der Waals surface area contributed by atoms with Gasteiger partial charge in [-0.25, -0.2) is 4.98 Å². The summed E-state index contributed by atoms with van der Waals surface area (Å²) in [5.41, 5.74) is 0. The molecule has 1 N–H and O–H groups in total. The summed E-state index contributed by atoms with van der Waals surface area (Å²) in [7, 11) is 0. The van der Waals surface area contributed by atoms with Gasteiger partial charge < -0.3 is 14.8 Å². The molecule has 17 heavy (non-hydrogen) atoms. The van der Waals surface area contributed by atoms with Crippen LogP contribution >= 0.6 is 0 Å². The summed E-state index contributed by atoms with van der Waals surface area (Å²) in [6.45, 7) is 4.38. The van der Waals surface area contributed by atoms with Crippen LogP contribution in [0, 0.1) is 0 Å². The third-order valence-corrected chi connectivity index (χ3v) is 2.60. The molecule has 0 aliphatic carbocycles. The molecule has 0 aromatic carbocycles. The summed E-state index contributed by atoms with van der Waals surface area (Å²) in [5.74, 6) is 1.23. The Morgan fingerprint density at radius 3 is 3.29 bits per heavy atom. The van der Waals surface area contributed by atoms with E-state index in [0.29, 0.717) is 24.5 Å². The molecule has 5 heteroatoms. The Balaban J connectivity index is 1.82. The van der Waals surface area contributed by atoms with Crippen molar-refractivity contribution in [3.8, 4) is 5.88 Å². The standard InChI is InChI=1S/C12H19N3O2/c1-2-7-17-11-5-6-13-12(15-11)14-9-10-4-3-8-16-10/h5-6,10H,2-4,7-9H2,1H3,(H,13,14,15). The van der Waals surface area contributed by atoms with Gasteiger partial charge in [0, 0.05) is 25.4 Å². The molecule has 1 aromatic rings. The van der Waals surface area contributed by atoms with E-state index in [2.05, 4.69) is 22.2 Å². The van der Waals surface area contributed by atoms with Crippen LogP contribution in [-0.4, -0.2) is 35.8 Å². The van der Waals surface area contributed by atoms with Gasteiger partial charge >= 0.3 is 0 Å². The maximum atomic E-state index is 5.52. The first-order valence-electron chi connectivity index (χ1n) is 6.20. The lowest BCUT2D eigenvalue weighted by Crippen LogP contribution is -2.19. The van der Waals surface area contributed by atoms with Crippen LogP contribution in [0.2, 0.25) is 0 Å². The van der Waals surface area contributed by atoms with E-state index in [-0.39, 0.29) is 0 Å². The van der Waals surface area contributed by atoms with Crippen LogP contribution in [0.1, 0.15) is 26.2 Å². The zero-order valence-electron chi connectivity index (χ0n) is 10.2. The molecule has 0 radical (unpaired) electrons. The van der Waals surface area contributed by atoms with E-state index in [1.54, 1.807) is 12.3 Å². The molecular formula is C12H19N3O2. The van der Waals surface area contributed by atoms with E-state index in [9.17, 15) is 0 Å². The Kier molecular flexibility index (Phi) is 4.55. The van der Waals surface area contributed by atoms with Crippen LogP contribution in [0.25, 0.3) is 0 Å². The van der Waals surface area contributed by atoms with E-state index >= 15 is 0 Å². The molecule has 94 valence electrons. The van der Waals surface area contributed by atoms with E-state index in [0.717, 1.165) is 32.4 Å². The molecule has 1 aliphatic rings. The molecule has 1 unspecified atom stereocenters. The number of hydrogen-bond acceptors (Lipinski definition) is 5. The summed E-state index contributed by atoms with van der Waals surface area (Å²) in [6.07, 6.45) is 5.23. The quantitative estimate of drug-likeness (QED) is 0.818. The highest BCUT2D eigenvalue weighted by molar-refractivity contribution is 5.27. The molecule has 2 heterocycles. The lowest BCUT2D eigenvalue weighted by Gasteiger charge is -2.11. The monoisotopic (exact) mass is 237 g/mol. The number of nitrogens with one attached hydrogen (secondary N) is 1. The first kappa shape index (κ1) is 12.1. The van der Waals surface area contributed by atoms with Crippen LogP contribution in [0.4, 0.5) is 5.95 Å². The Morgan fingerprint density at radius 2 is 2.53 bits per heavy atom. The Labute approximate surface area is 102 Å². The minimum Gasteiger partial charge on any atom is -0.478 e. The van der Waals surface area contributed by atoms with Crippen LogP contribution in [-0.2, 0) is 4.74 Å². The molecular weight excluding hydrogens is 218 g/mol. The molecule has 0 spiro atoms. The van der Waals surface area contributed by atoms with E-state index in [1.165, 1.54) is 0 Å². The second-order valence-electron chi connectivity index (χ2n) is 4.08. The second kappa shape index (κ2) is 6.39. The fourth-order valence-electron chi connectivity index (χ4n) is 1.72. The van der Waals surface area contributed by atoms with Crippen molar-refractivity contribution in [3.05, 3.63) is 12.3 Å². The van der Waals surface area contributed by atoms with Gasteiger partial charge in [-0.15, -0.1) is 0 Å². The van der Waals surface area contributed by atoms with E-state index < -0.39 is 0 Å². The Morgan fingerprint density at radius 1 is 1.59 bits per heavy atom. The number of rotatable bonds is 6. The lowest BCUT2D eigenvalue weighted by molar-refractivity contribution is 0.120. The summed E-state index contributed by atoms with van der Waals surface area (Å²) >= 11 is 0. The van der Waals surface area contributed by atoms with E-state index in [1.807, 2.05) is 0 Å². The Bertz CT molecular complexity index is 340. The fraction of sp³-hybridized carbons (Fsp3) is 0.667.